The van der Waals surface area contributed by atoms with Crippen molar-refractivity contribution >= 4 is 11.6 Å². The highest BCUT2D eigenvalue weighted by Gasteiger charge is 2.07. The molecular formula is C12H10FN3O. The van der Waals surface area contributed by atoms with E-state index in [0.29, 0.717) is 11.5 Å². The number of carbonyl (C=O) groups is 1. The highest BCUT2D eigenvalue weighted by Crippen LogP contribution is 2.09. The number of nitrogens with zero attached hydrogens (tertiary/aromatic N) is 2. The number of aryl methyl sites for hydroxylation is 1. The van der Waals surface area contributed by atoms with E-state index < -0.39 is 0 Å². The summed E-state index contributed by atoms with van der Waals surface area (Å²) in [6, 6.07) is 7.05. The summed E-state index contributed by atoms with van der Waals surface area (Å²) >= 11 is 0. The van der Waals surface area contributed by atoms with E-state index >= 15 is 0 Å². The van der Waals surface area contributed by atoms with Gasteiger partial charge in [0, 0.05) is 11.9 Å². The molecule has 86 valence electrons. The van der Waals surface area contributed by atoms with Crippen LogP contribution in [0.25, 0.3) is 0 Å². The Morgan fingerprint density at radius 2 is 1.94 bits per heavy atom. The van der Waals surface area contributed by atoms with Gasteiger partial charge in [0.2, 0.25) is 0 Å². The smallest absolute Gasteiger partial charge is 0.274 e. The minimum atomic E-state index is -0.346. The molecule has 1 aromatic carbocycles. The third-order valence-electron chi connectivity index (χ3n) is 2.11. The van der Waals surface area contributed by atoms with Crippen LogP contribution in [-0.2, 0) is 0 Å². The highest BCUT2D eigenvalue weighted by atomic mass is 19.1. The molecule has 0 saturated heterocycles. The molecule has 0 unspecified atom stereocenters. The number of rotatable bonds is 2. The Kier molecular flexibility index (Phi) is 3.09. The first-order chi connectivity index (χ1) is 8.15. The fourth-order valence-corrected chi connectivity index (χ4v) is 1.31. The monoisotopic (exact) mass is 231 g/mol. The van der Waals surface area contributed by atoms with E-state index in [1.165, 1.54) is 36.5 Å². The van der Waals surface area contributed by atoms with Crippen molar-refractivity contribution in [2.24, 2.45) is 0 Å². The van der Waals surface area contributed by atoms with Gasteiger partial charge in [-0.2, -0.15) is 0 Å². The van der Waals surface area contributed by atoms with Gasteiger partial charge < -0.3 is 5.32 Å². The molecule has 0 aliphatic carbocycles. The normalized spacial score (nSPS) is 10.0. The lowest BCUT2D eigenvalue weighted by atomic mass is 10.3. The van der Waals surface area contributed by atoms with E-state index in [1.807, 2.05) is 0 Å². The molecule has 1 amide bonds. The van der Waals surface area contributed by atoms with E-state index in [1.54, 1.807) is 6.92 Å². The first-order valence-electron chi connectivity index (χ1n) is 5.02. The van der Waals surface area contributed by atoms with Crippen molar-refractivity contribution in [2.45, 2.75) is 6.92 Å². The Morgan fingerprint density at radius 1 is 1.24 bits per heavy atom. The maximum absolute atomic E-state index is 12.7. The molecule has 2 rings (SSSR count). The summed E-state index contributed by atoms with van der Waals surface area (Å²) in [6.07, 6.45) is 1.52. The number of anilines is 1. The topological polar surface area (TPSA) is 54.9 Å². The van der Waals surface area contributed by atoms with Gasteiger partial charge in [0.05, 0.1) is 0 Å². The van der Waals surface area contributed by atoms with Crippen LogP contribution in [-0.4, -0.2) is 15.9 Å². The van der Waals surface area contributed by atoms with Gasteiger partial charge in [0.15, 0.2) is 0 Å². The quantitative estimate of drug-likeness (QED) is 0.861. The molecular weight excluding hydrogens is 221 g/mol. The number of halogens is 1. The van der Waals surface area contributed by atoms with E-state index in [9.17, 15) is 9.18 Å². The molecule has 0 aliphatic rings. The molecule has 4 nitrogen and oxygen atoms in total. The molecule has 0 radical (unpaired) electrons. The Bertz CT molecular complexity index is 540. The van der Waals surface area contributed by atoms with Crippen LogP contribution in [0.2, 0.25) is 0 Å². The molecule has 0 bridgehead atoms. The Labute approximate surface area is 97.5 Å². The van der Waals surface area contributed by atoms with Crippen LogP contribution in [0.4, 0.5) is 10.1 Å². The standard InChI is InChI=1S/C12H10FN3O/c1-8-14-7-6-11(15-8)12(17)16-10-4-2-9(13)3-5-10/h2-7H,1H3,(H,16,17). The third-order valence-corrected chi connectivity index (χ3v) is 2.11. The van der Waals surface area contributed by atoms with Crippen LogP contribution in [0, 0.1) is 12.7 Å². The van der Waals surface area contributed by atoms with Gasteiger partial charge in [0.25, 0.3) is 5.91 Å². The van der Waals surface area contributed by atoms with Gasteiger partial charge in [0.1, 0.15) is 17.3 Å². The largest absolute Gasteiger partial charge is 0.321 e. The van der Waals surface area contributed by atoms with Gasteiger partial charge in [-0.15, -0.1) is 0 Å². The number of nitrogens with one attached hydrogen (secondary N) is 1. The molecule has 1 heterocycles. The van der Waals surface area contributed by atoms with Crippen LogP contribution >= 0.6 is 0 Å². The first kappa shape index (κ1) is 11.2. The number of carbonyl (C=O) groups excluding carboxylic acids is 1. The van der Waals surface area contributed by atoms with Crippen molar-refractivity contribution in [3.05, 3.63) is 53.9 Å². The van der Waals surface area contributed by atoms with Crippen molar-refractivity contribution in [3.63, 3.8) is 0 Å². The summed E-state index contributed by atoms with van der Waals surface area (Å²) in [5.74, 6) is -0.167. The van der Waals surface area contributed by atoms with Crippen molar-refractivity contribution < 1.29 is 9.18 Å². The van der Waals surface area contributed by atoms with E-state index in [2.05, 4.69) is 15.3 Å². The molecule has 1 N–H and O–H groups in total. The molecule has 0 saturated carbocycles. The van der Waals surface area contributed by atoms with Crippen molar-refractivity contribution in [1.29, 1.82) is 0 Å². The molecule has 2 aromatic rings. The van der Waals surface area contributed by atoms with Crippen LogP contribution in [0.5, 0.6) is 0 Å². The average Bonchev–Trinajstić information content (AvgIpc) is 2.32. The van der Waals surface area contributed by atoms with Gasteiger partial charge in [-0.3, -0.25) is 4.79 Å². The fraction of sp³-hybridized carbons (Fsp3) is 0.0833. The number of amides is 1. The molecule has 0 atom stereocenters. The Morgan fingerprint density at radius 3 is 2.59 bits per heavy atom. The van der Waals surface area contributed by atoms with Crippen LogP contribution in [0.3, 0.4) is 0 Å². The average molecular weight is 231 g/mol. The lowest BCUT2D eigenvalue weighted by molar-refractivity contribution is 0.102. The van der Waals surface area contributed by atoms with Gasteiger partial charge in [-0.25, -0.2) is 14.4 Å². The minimum Gasteiger partial charge on any atom is -0.321 e. The number of benzene rings is 1. The second kappa shape index (κ2) is 4.69. The molecule has 0 fully saturated rings. The van der Waals surface area contributed by atoms with E-state index in [4.69, 9.17) is 0 Å². The zero-order chi connectivity index (χ0) is 12.3. The zero-order valence-corrected chi connectivity index (χ0v) is 9.14. The highest BCUT2D eigenvalue weighted by molar-refractivity contribution is 6.02. The summed E-state index contributed by atoms with van der Waals surface area (Å²) < 4.78 is 12.7. The molecule has 0 spiro atoms. The summed E-state index contributed by atoms with van der Waals surface area (Å²) in [5.41, 5.74) is 0.800. The Balaban J connectivity index is 2.14. The third kappa shape index (κ3) is 2.84. The number of aromatic nitrogens is 2. The summed E-state index contributed by atoms with van der Waals surface area (Å²) in [4.78, 5) is 19.6. The van der Waals surface area contributed by atoms with E-state index in [-0.39, 0.29) is 17.4 Å². The zero-order valence-electron chi connectivity index (χ0n) is 9.14. The van der Waals surface area contributed by atoms with Gasteiger partial charge in [-0.1, -0.05) is 0 Å². The number of hydrogen-bond acceptors (Lipinski definition) is 3. The predicted octanol–water partition coefficient (Wildman–Crippen LogP) is 2.18. The van der Waals surface area contributed by atoms with Crippen LogP contribution in [0.15, 0.2) is 36.5 Å². The first-order valence-corrected chi connectivity index (χ1v) is 5.02. The molecule has 5 heteroatoms. The second-order valence-corrected chi connectivity index (χ2v) is 3.45. The molecule has 17 heavy (non-hydrogen) atoms. The number of hydrogen-bond donors (Lipinski definition) is 1. The molecule has 0 aliphatic heterocycles. The van der Waals surface area contributed by atoms with E-state index in [0.717, 1.165) is 0 Å². The lowest BCUT2D eigenvalue weighted by Crippen LogP contribution is -2.14. The van der Waals surface area contributed by atoms with Gasteiger partial charge >= 0.3 is 0 Å². The van der Waals surface area contributed by atoms with Gasteiger partial charge in [-0.05, 0) is 37.3 Å². The summed E-state index contributed by atoms with van der Waals surface area (Å²) in [7, 11) is 0. The SMILES string of the molecule is Cc1nccc(C(=O)Nc2ccc(F)cc2)n1. The van der Waals surface area contributed by atoms with Crippen molar-refractivity contribution in [1.82, 2.24) is 9.97 Å². The van der Waals surface area contributed by atoms with Crippen LogP contribution in [0.1, 0.15) is 16.3 Å². The second-order valence-electron chi connectivity index (χ2n) is 3.45. The van der Waals surface area contributed by atoms with Crippen LogP contribution < -0.4 is 5.32 Å². The van der Waals surface area contributed by atoms with Crippen molar-refractivity contribution in [2.75, 3.05) is 5.32 Å². The fourth-order valence-electron chi connectivity index (χ4n) is 1.31. The van der Waals surface area contributed by atoms with Crippen molar-refractivity contribution in [3.8, 4) is 0 Å². The maximum Gasteiger partial charge on any atom is 0.274 e. The lowest BCUT2D eigenvalue weighted by Gasteiger charge is -2.04. The predicted molar refractivity (Wildman–Crippen MR) is 61.1 cm³/mol. The maximum atomic E-state index is 12.7. The molecule has 1 aromatic heterocycles. The summed E-state index contributed by atoms with van der Waals surface area (Å²) in [5, 5.41) is 2.62. The Hall–Kier alpha value is -2.30. The minimum absolute atomic E-state index is 0.279. The summed E-state index contributed by atoms with van der Waals surface area (Å²) in [6.45, 7) is 1.70.